The number of carbonyl (C=O) groups excluding carboxylic acids is 1. The van der Waals surface area contributed by atoms with Crippen molar-refractivity contribution >= 4 is 11.7 Å². The Balaban J connectivity index is 2.28. The van der Waals surface area contributed by atoms with Gasteiger partial charge in [-0.05, 0) is 36.8 Å². The second-order valence-corrected chi connectivity index (χ2v) is 4.48. The predicted octanol–water partition coefficient (Wildman–Crippen LogP) is 3.32. The number of rotatable bonds is 4. The van der Waals surface area contributed by atoms with E-state index < -0.39 is 17.6 Å². The lowest BCUT2D eigenvalue weighted by molar-refractivity contribution is 0.0601. The standard InChI is InChI=1S/C15H14F2N2O2/c1-9(10-5-12(17)8-18-7-10)19-14-4-3-11(16)6-13(14)15(20)21-2/h3-9,19H,1-2H3. The lowest BCUT2D eigenvalue weighted by Crippen LogP contribution is -2.12. The lowest BCUT2D eigenvalue weighted by atomic mass is 10.1. The summed E-state index contributed by atoms with van der Waals surface area (Å²) in [5, 5.41) is 3.02. The molecule has 4 nitrogen and oxygen atoms in total. The maximum atomic E-state index is 13.3. The van der Waals surface area contributed by atoms with E-state index in [4.69, 9.17) is 0 Å². The molecule has 0 saturated heterocycles. The van der Waals surface area contributed by atoms with Crippen LogP contribution < -0.4 is 5.32 Å². The number of ether oxygens (including phenoxy) is 1. The number of halogens is 2. The third-order valence-electron chi connectivity index (χ3n) is 2.98. The highest BCUT2D eigenvalue weighted by Gasteiger charge is 2.15. The van der Waals surface area contributed by atoms with E-state index in [-0.39, 0.29) is 11.6 Å². The van der Waals surface area contributed by atoms with E-state index in [0.29, 0.717) is 11.3 Å². The summed E-state index contributed by atoms with van der Waals surface area (Å²) < 4.78 is 31.0. The lowest BCUT2D eigenvalue weighted by Gasteiger charge is -2.17. The van der Waals surface area contributed by atoms with Crippen molar-refractivity contribution in [2.24, 2.45) is 0 Å². The Morgan fingerprint density at radius 3 is 2.67 bits per heavy atom. The van der Waals surface area contributed by atoms with Crippen molar-refractivity contribution in [1.29, 1.82) is 0 Å². The topological polar surface area (TPSA) is 51.2 Å². The smallest absolute Gasteiger partial charge is 0.340 e. The molecule has 1 atom stereocenters. The Kier molecular flexibility index (Phi) is 4.47. The van der Waals surface area contributed by atoms with Gasteiger partial charge >= 0.3 is 5.97 Å². The van der Waals surface area contributed by atoms with Crippen molar-refractivity contribution in [1.82, 2.24) is 4.98 Å². The van der Waals surface area contributed by atoms with Crippen LogP contribution in [0.4, 0.5) is 14.5 Å². The highest BCUT2D eigenvalue weighted by molar-refractivity contribution is 5.95. The van der Waals surface area contributed by atoms with Gasteiger partial charge in [-0.25, -0.2) is 13.6 Å². The molecule has 0 aliphatic rings. The first-order valence-corrected chi connectivity index (χ1v) is 6.26. The Hall–Kier alpha value is -2.50. The largest absolute Gasteiger partial charge is 0.465 e. The number of pyridine rings is 1. The minimum Gasteiger partial charge on any atom is -0.465 e. The Morgan fingerprint density at radius 2 is 2.00 bits per heavy atom. The SMILES string of the molecule is COC(=O)c1cc(F)ccc1NC(C)c1cncc(F)c1. The third-order valence-corrected chi connectivity index (χ3v) is 2.98. The van der Waals surface area contributed by atoms with Gasteiger partial charge < -0.3 is 10.1 Å². The number of carbonyl (C=O) groups is 1. The van der Waals surface area contributed by atoms with Crippen LogP contribution in [-0.2, 0) is 4.74 Å². The summed E-state index contributed by atoms with van der Waals surface area (Å²) in [6.45, 7) is 1.78. The minimum absolute atomic E-state index is 0.0775. The van der Waals surface area contributed by atoms with Gasteiger partial charge in [0.05, 0.1) is 24.9 Å². The normalized spacial score (nSPS) is 11.8. The summed E-state index contributed by atoms with van der Waals surface area (Å²) in [4.78, 5) is 15.4. The molecular formula is C15H14F2N2O2. The average Bonchev–Trinajstić information content (AvgIpc) is 2.48. The van der Waals surface area contributed by atoms with Gasteiger partial charge in [0.1, 0.15) is 11.6 Å². The van der Waals surface area contributed by atoms with Crippen LogP contribution in [0.3, 0.4) is 0 Å². The van der Waals surface area contributed by atoms with Gasteiger partial charge in [0.2, 0.25) is 0 Å². The van der Waals surface area contributed by atoms with Gasteiger partial charge in [-0.2, -0.15) is 0 Å². The number of nitrogens with zero attached hydrogens (tertiary/aromatic N) is 1. The van der Waals surface area contributed by atoms with E-state index >= 15 is 0 Å². The highest BCUT2D eigenvalue weighted by Crippen LogP contribution is 2.24. The first-order valence-electron chi connectivity index (χ1n) is 6.26. The number of benzene rings is 1. The van der Waals surface area contributed by atoms with E-state index in [1.807, 2.05) is 0 Å². The van der Waals surface area contributed by atoms with Gasteiger partial charge in [-0.15, -0.1) is 0 Å². The Bertz CT molecular complexity index is 662. The van der Waals surface area contributed by atoms with Crippen LogP contribution in [0, 0.1) is 11.6 Å². The molecule has 0 radical (unpaired) electrons. The molecule has 2 rings (SSSR count). The molecule has 1 unspecified atom stereocenters. The zero-order valence-electron chi connectivity index (χ0n) is 11.6. The number of nitrogens with one attached hydrogen (secondary N) is 1. The van der Waals surface area contributed by atoms with Crippen LogP contribution >= 0.6 is 0 Å². The van der Waals surface area contributed by atoms with Crippen molar-refractivity contribution in [3.8, 4) is 0 Å². The number of hydrogen-bond acceptors (Lipinski definition) is 4. The van der Waals surface area contributed by atoms with E-state index in [2.05, 4.69) is 15.0 Å². The quantitative estimate of drug-likeness (QED) is 0.878. The number of methoxy groups -OCH3 is 1. The van der Waals surface area contributed by atoms with E-state index in [1.165, 1.54) is 31.5 Å². The van der Waals surface area contributed by atoms with Crippen LogP contribution in [0.25, 0.3) is 0 Å². The fourth-order valence-electron chi connectivity index (χ4n) is 1.90. The zero-order chi connectivity index (χ0) is 15.4. The molecule has 6 heteroatoms. The molecule has 2 aromatic rings. The zero-order valence-corrected chi connectivity index (χ0v) is 11.6. The van der Waals surface area contributed by atoms with E-state index in [9.17, 15) is 13.6 Å². The Morgan fingerprint density at radius 1 is 1.24 bits per heavy atom. The summed E-state index contributed by atoms with van der Waals surface area (Å²) >= 11 is 0. The fraction of sp³-hybridized carbons (Fsp3) is 0.200. The summed E-state index contributed by atoms with van der Waals surface area (Å²) in [6.07, 6.45) is 2.62. The van der Waals surface area contributed by atoms with Gasteiger partial charge in [-0.1, -0.05) is 0 Å². The molecule has 0 fully saturated rings. The first-order chi connectivity index (χ1) is 10.0. The monoisotopic (exact) mass is 292 g/mol. The van der Waals surface area contributed by atoms with Crippen molar-refractivity contribution in [3.63, 3.8) is 0 Å². The molecule has 1 aromatic heterocycles. The van der Waals surface area contributed by atoms with E-state index in [1.54, 1.807) is 6.92 Å². The fourth-order valence-corrected chi connectivity index (χ4v) is 1.90. The van der Waals surface area contributed by atoms with Crippen LogP contribution in [0.2, 0.25) is 0 Å². The van der Waals surface area contributed by atoms with Gasteiger partial charge in [0, 0.05) is 11.9 Å². The summed E-state index contributed by atoms with van der Waals surface area (Å²) in [6, 6.07) is 4.77. The average molecular weight is 292 g/mol. The van der Waals surface area contributed by atoms with E-state index in [0.717, 1.165) is 12.3 Å². The Labute approximate surface area is 120 Å². The maximum Gasteiger partial charge on any atom is 0.340 e. The molecule has 21 heavy (non-hydrogen) atoms. The second kappa shape index (κ2) is 6.30. The molecule has 0 aliphatic heterocycles. The van der Waals surface area contributed by atoms with Crippen LogP contribution in [0.5, 0.6) is 0 Å². The number of aromatic nitrogens is 1. The van der Waals surface area contributed by atoms with Crippen LogP contribution in [0.1, 0.15) is 28.9 Å². The number of hydrogen-bond donors (Lipinski definition) is 1. The molecule has 1 aromatic carbocycles. The van der Waals surface area contributed by atoms with Crippen molar-refractivity contribution in [2.45, 2.75) is 13.0 Å². The van der Waals surface area contributed by atoms with Crippen molar-refractivity contribution in [3.05, 3.63) is 59.4 Å². The molecular weight excluding hydrogens is 278 g/mol. The second-order valence-electron chi connectivity index (χ2n) is 4.48. The predicted molar refractivity (Wildman–Crippen MR) is 74.0 cm³/mol. The minimum atomic E-state index is -0.651. The molecule has 0 amide bonds. The molecule has 1 N–H and O–H groups in total. The highest BCUT2D eigenvalue weighted by atomic mass is 19.1. The van der Waals surface area contributed by atoms with Gasteiger partial charge in [0.25, 0.3) is 0 Å². The van der Waals surface area contributed by atoms with Crippen molar-refractivity contribution < 1.29 is 18.3 Å². The van der Waals surface area contributed by atoms with Crippen LogP contribution in [-0.4, -0.2) is 18.1 Å². The maximum absolute atomic E-state index is 13.3. The van der Waals surface area contributed by atoms with Gasteiger partial charge in [0.15, 0.2) is 0 Å². The molecule has 0 spiro atoms. The molecule has 0 aliphatic carbocycles. The summed E-state index contributed by atoms with van der Waals surface area (Å²) in [7, 11) is 1.22. The molecule has 110 valence electrons. The molecule has 0 saturated carbocycles. The van der Waals surface area contributed by atoms with Crippen LogP contribution in [0.15, 0.2) is 36.7 Å². The third kappa shape index (κ3) is 3.53. The first kappa shape index (κ1) is 14.9. The molecule has 0 bridgehead atoms. The van der Waals surface area contributed by atoms with Crippen molar-refractivity contribution in [2.75, 3.05) is 12.4 Å². The molecule has 1 heterocycles. The summed E-state index contributed by atoms with van der Waals surface area (Å²) in [5.41, 5.74) is 1.09. The van der Waals surface area contributed by atoms with Gasteiger partial charge in [-0.3, -0.25) is 4.98 Å². The summed E-state index contributed by atoms with van der Waals surface area (Å²) in [5.74, 6) is -1.64. The number of esters is 1. The number of anilines is 1.